The summed E-state index contributed by atoms with van der Waals surface area (Å²) in [4.78, 5) is 24.6. The Morgan fingerprint density at radius 1 is 1.53 bits per heavy atom. The van der Waals surface area contributed by atoms with Gasteiger partial charge in [-0.05, 0) is 20.8 Å². The first-order valence-electron chi connectivity index (χ1n) is 6.36. The average molecular weight is 290 g/mol. The Kier molecular flexibility index (Phi) is 5.93. The number of nitrogens with one attached hydrogen (secondary N) is 1. The van der Waals surface area contributed by atoms with Crippen molar-refractivity contribution in [3.8, 4) is 0 Å². The SMILES string of the molecule is CCOC(C)(C)CNC(=O)N1CCSCC1C(=O)O. The lowest BCUT2D eigenvalue weighted by atomic mass is 10.1. The van der Waals surface area contributed by atoms with Crippen molar-refractivity contribution in [3.05, 3.63) is 0 Å². The Labute approximate surface area is 117 Å². The molecule has 7 heteroatoms. The number of carboxylic acids is 1. The van der Waals surface area contributed by atoms with Crippen molar-refractivity contribution in [2.75, 3.05) is 31.2 Å². The number of ether oxygens (including phenoxy) is 1. The van der Waals surface area contributed by atoms with Gasteiger partial charge in [0, 0.05) is 31.2 Å². The maximum absolute atomic E-state index is 12.1. The fourth-order valence-electron chi connectivity index (χ4n) is 1.88. The van der Waals surface area contributed by atoms with Gasteiger partial charge in [0.15, 0.2) is 0 Å². The summed E-state index contributed by atoms with van der Waals surface area (Å²) >= 11 is 1.56. The van der Waals surface area contributed by atoms with E-state index in [4.69, 9.17) is 9.84 Å². The highest BCUT2D eigenvalue weighted by molar-refractivity contribution is 7.99. The van der Waals surface area contributed by atoms with Crippen LogP contribution in [0.5, 0.6) is 0 Å². The van der Waals surface area contributed by atoms with E-state index < -0.39 is 17.6 Å². The lowest BCUT2D eigenvalue weighted by molar-refractivity contribution is -0.141. The Morgan fingerprint density at radius 2 is 2.21 bits per heavy atom. The summed E-state index contributed by atoms with van der Waals surface area (Å²) in [6.07, 6.45) is 0. The molecule has 0 saturated carbocycles. The third kappa shape index (κ3) is 4.91. The molecular weight excluding hydrogens is 268 g/mol. The molecule has 1 rings (SSSR count). The zero-order valence-electron chi connectivity index (χ0n) is 11.6. The van der Waals surface area contributed by atoms with E-state index >= 15 is 0 Å². The molecule has 1 aliphatic heterocycles. The van der Waals surface area contributed by atoms with Crippen molar-refractivity contribution in [2.24, 2.45) is 0 Å². The molecule has 0 spiro atoms. The van der Waals surface area contributed by atoms with Crippen molar-refractivity contribution < 1.29 is 19.4 Å². The first-order valence-corrected chi connectivity index (χ1v) is 7.52. The highest BCUT2D eigenvalue weighted by Gasteiger charge is 2.33. The van der Waals surface area contributed by atoms with Gasteiger partial charge < -0.3 is 20.1 Å². The highest BCUT2D eigenvalue weighted by atomic mass is 32.2. The van der Waals surface area contributed by atoms with Gasteiger partial charge in [0.05, 0.1) is 5.60 Å². The van der Waals surface area contributed by atoms with Gasteiger partial charge in [-0.3, -0.25) is 0 Å². The molecule has 1 heterocycles. The van der Waals surface area contributed by atoms with Crippen LogP contribution in [0, 0.1) is 0 Å². The van der Waals surface area contributed by atoms with Gasteiger partial charge in [-0.25, -0.2) is 9.59 Å². The molecule has 19 heavy (non-hydrogen) atoms. The molecule has 1 saturated heterocycles. The summed E-state index contributed by atoms with van der Waals surface area (Å²) in [5.41, 5.74) is -0.451. The molecule has 0 aliphatic carbocycles. The third-order valence-corrected chi connectivity index (χ3v) is 3.90. The molecule has 0 bridgehead atoms. The Balaban J connectivity index is 2.54. The number of thioether (sulfide) groups is 1. The van der Waals surface area contributed by atoms with E-state index in [0.29, 0.717) is 25.4 Å². The van der Waals surface area contributed by atoms with Crippen LogP contribution in [0.2, 0.25) is 0 Å². The van der Waals surface area contributed by atoms with Gasteiger partial charge in [-0.1, -0.05) is 0 Å². The first-order chi connectivity index (χ1) is 8.87. The number of carboxylic acid groups (broad SMARTS) is 1. The Bertz CT molecular complexity index is 336. The van der Waals surface area contributed by atoms with Gasteiger partial charge in [-0.2, -0.15) is 11.8 Å². The van der Waals surface area contributed by atoms with E-state index in [9.17, 15) is 9.59 Å². The topological polar surface area (TPSA) is 78.9 Å². The highest BCUT2D eigenvalue weighted by Crippen LogP contribution is 2.17. The normalized spacial score (nSPS) is 20.2. The van der Waals surface area contributed by atoms with Gasteiger partial charge in [0.1, 0.15) is 6.04 Å². The minimum Gasteiger partial charge on any atom is -0.480 e. The molecule has 0 radical (unpaired) electrons. The molecule has 0 aromatic rings. The van der Waals surface area contributed by atoms with Gasteiger partial charge in [0.25, 0.3) is 0 Å². The Hall–Kier alpha value is -0.950. The fraction of sp³-hybridized carbons (Fsp3) is 0.833. The van der Waals surface area contributed by atoms with Crippen molar-refractivity contribution in [2.45, 2.75) is 32.4 Å². The van der Waals surface area contributed by atoms with Crippen LogP contribution < -0.4 is 5.32 Å². The molecule has 1 atom stereocenters. The maximum Gasteiger partial charge on any atom is 0.327 e. The summed E-state index contributed by atoms with van der Waals surface area (Å²) in [6, 6.07) is -1.07. The predicted octanol–water partition coefficient (Wildman–Crippen LogP) is 1.01. The van der Waals surface area contributed by atoms with Gasteiger partial charge in [0.2, 0.25) is 0 Å². The molecule has 2 N–H and O–H groups in total. The zero-order chi connectivity index (χ0) is 14.5. The fourth-order valence-corrected chi connectivity index (χ4v) is 2.92. The van der Waals surface area contributed by atoms with Crippen LogP contribution in [0.3, 0.4) is 0 Å². The standard InChI is InChI=1S/C12H22N2O4S/c1-4-18-12(2,3)8-13-11(17)14-5-6-19-7-9(14)10(15)16/h9H,4-8H2,1-3H3,(H,13,17)(H,15,16). The van der Waals surface area contributed by atoms with Crippen molar-refractivity contribution in [1.29, 1.82) is 0 Å². The van der Waals surface area contributed by atoms with Gasteiger partial charge in [-0.15, -0.1) is 0 Å². The van der Waals surface area contributed by atoms with E-state index in [1.165, 1.54) is 4.90 Å². The number of hydrogen-bond acceptors (Lipinski definition) is 4. The summed E-state index contributed by atoms with van der Waals surface area (Å²) in [7, 11) is 0. The average Bonchev–Trinajstić information content (AvgIpc) is 2.36. The molecule has 2 amide bonds. The van der Waals surface area contributed by atoms with Gasteiger partial charge >= 0.3 is 12.0 Å². The number of rotatable bonds is 5. The van der Waals surface area contributed by atoms with E-state index in [1.54, 1.807) is 11.8 Å². The minimum atomic E-state index is -0.952. The molecule has 1 aliphatic rings. The number of carbonyl (C=O) groups is 2. The van der Waals surface area contributed by atoms with Crippen LogP contribution in [0.4, 0.5) is 4.79 Å². The molecule has 0 aromatic heterocycles. The van der Waals surface area contributed by atoms with Crippen molar-refractivity contribution >= 4 is 23.8 Å². The van der Waals surface area contributed by atoms with Crippen LogP contribution in [-0.2, 0) is 9.53 Å². The second kappa shape index (κ2) is 7.00. The maximum atomic E-state index is 12.1. The third-order valence-electron chi connectivity index (χ3n) is 2.87. The van der Waals surface area contributed by atoms with Crippen molar-refractivity contribution in [3.63, 3.8) is 0 Å². The summed E-state index contributed by atoms with van der Waals surface area (Å²) in [5, 5.41) is 11.9. The number of urea groups is 1. The van der Waals surface area contributed by atoms with Crippen LogP contribution in [-0.4, -0.2) is 64.9 Å². The largest absolute Gasteiger partial charge is 0.480 e. The van der Waals surface area contributed by atoms with E-state index in [2.05, 4.69) is 5.32 Å². The predicted molar refractivity (Wildman–Crippen MR) is 74.6 cm³/mol. The lowest BCUT2D eigenvalue weighted by Crippen LogP contribution is -2.55. The van der Waals surface area contributed by atoms with E-state index in [-0.39, 0.29) is 6.03 Å². The number of aliphatic carboxylic acids is 1. The van der Waals surface area contributed by atoms with E-state index in [1.807, 2.05) is 20.8 Å². The molecule has 0 aromatic carbocycles. The smallest absolute Gasteiger partial charge is 0.327 e. The molecule has 1 unspecified atom stereocenters. The minimum absolute atomic E-state index is 0.333. The monoisotopic (exact) mass is 290 g/mol. The number of carbonyl (C=O) groups excluding carboxylic acids is 1. The summed E-state index contributed by atoms with van der Waals surface area (Å²) in [6.45, 7) is 7.06. The second-order valence-electron chi connectivity index (χ2n) is 4.97. The van der Waals surface area contributed by atoms with Crippen LogP contribution in [0.1, 0.15) is 20.8 Å². The van der Waals surface area contributed by atoms with Crippen LogP contribution in [0.15, 0.2) is 0 Å². The number of hydrogen-bond donors (Lipinski definition) is 2. The number of nitrogens with zero attached hydrogens (tertiary/aromatic N) is 1. The van der Waals surface area contributed by atoms with Crippen molar-refractivity contribution in [1.82, 2.24) is 10.2 Å². The first kappa shape index (κ1) is 16.1. The quantitative estimate of drug-likeness (QED) is 0.790. The van der Waals surface area contributed by atoms with Crippen LogP contribution >= 0.6 is 11.8 Å². The van der Waals surface area contributed by atoms with Crippen LogP contribution in [0.25, 0.3) is 0 Å². The summed E-state index contributed by atoms with van der Waals surface area (Å²) in [5.74, 6) is 0.260. The molecule has 6 nitrogen and oxygen atoms in total. The van der Waals surface area contributed by atoms with E-state index in [0.717, 1.165) is 5.75 Å². The molecule has 1 fully saturated rings. The zero-order valence-corrected chi connectivity index (χ0v) is 12.5. The molecule has 110 valence electrons. The number of amides is 2. The summed E-state index contributed by atoms with van der Waals surface area (Å²) < 4.78 is 5.49. The Morgan fingerprint density at radius 3 is 2.79 bits per heavy atom. The second-order valence-corrected chi connectivity index (χ2v) is 6.12. The lowest BCUT2D eigenvalue weighted by Gasteiger charge is -2.34. The molecular formula is C12H22N2O4S.